The van der Waals surface area contributed by atoms with Crippen LogP contribution >= 0.6 is 0 Å². The lowest BCUT2D eigenvalue weighted by molar-refractivity contribution is -0.130. The van der Waals surface area contributed by atoms with Crippen LogP contribution in [0.4, 0.5) is 4.39 Å². The molecule has 0 aromatic heterocycles. The van der Waals surface area contributed by atoms with E-state index in [4.69, 9.17) is 0 Å². The van der Waals surface area contributed by atoms with Gasteiger partial charge in [-0.25, -0.2) is 4.39 Å². The molecule has 3 nitrogen and oxygen atoms in total. The fourth-order valence-electron chi connectivity index (χ4n) is 2.46. The molecular formula is C15H21FN2O. The first-order valence-corrected chi connectivity index (χ1v) is 6.87. The van der Waals surface area contributed by atoms with Crippen LogP contribution in [0.1, 0.15) is 31.2 Å². The fraction of sp³-hybridized carbons (Fsp3) is 0.533. The Morgan fingerprint density at radius 3 is 2.95 bits per heavy atom. The van der Waals surface area contributed by atoms with E-state index in [1.54, 1.807) is 30.1 Å². The van der Waals surface area contributed by atoms with Gasteiger partial charge in [-0.05, 0) is 31.9 Å². The number of halogens is 1. The minimum Gasteiger partial charge on any atom is -0.341 e. The lowest BCUT2D eigenvalue weighted by Crippen LogP contribution is -2.29. The summed E-state index contributed by atoms with van der Waals surface area (Å²) in [5.74, 6) is -0.170. The standard InChI is InChI=1S/C15H21FN2O/c1-18(11-12-5-2-3-7-14(12)16)15(19)9-8-13-6-4-10-17-13/h2-3,5,7,13,17H,4,6,8-11H2,1H3. The SMILES string of the molecule is CN(Cc1ccccc1F)C(=O)CCC1CCCN1. The summed E-state index contributed by atoms with van der Waals surface area (Å²) in [5, 5.41) is 3.38. The number of benzene rings is 1. The van der Waals surface area contributed by atoms with Gasteiger partial charge >= 0.3 is 0 Å². The van der Waals surface area contributed by atoms with Gasteiger partial charge in [0.2, 0.25) is 5.91 Å². The fourth-order valence-corrected chi connectivity index (χ4v) is 2.46. The number of rotatable bonds is 5. The minimum atomic E-state index is -0.250. The Labute approximate surface area is 113 Å². The van der Waals surface area contributed by atoms with Gasteiger partial charge in [0.25, 0.3) is 0 Å². The molecule has 0 radical (unpaired) electrons. The summed E-state index contributed by atoms with van der Waals surface area (Å²) < 4.78 is 13.5. The van der Waals surface area contributed by atoms with Gasteiger partial charge < -0.3 is 10.2 Å². The van der Waals surface area contributed by atoms with Crippen molar-refractivity contribution in [1.29, 1.82) is 0 Å². The molecule has 1 unspecified atom stereocenters. The van der Waals surface area contributed by atoms with Crippen LogP contribution in [0.15, 0.2) is 24.3 Å². The first-order valence-electron chi connectivity index (χ1n) is 6.87. The van der Waals surface area contributed by atoms with E-state index in [0.717, 1.165) is 19.4 Å². The van der Waals surface area contributed by atoms with Gasteiger partial charge in [0.1, 0.15) is 5.82 Å². The Balaban J connectivity index is 1.80. The van der Waals surface area contributed by atoms with Crippen LogP contribution < -0.4 is 5.32 Å². The van der Waals surface area contributed by atoms with Crippen LogP contribution in [0, 0.1) is 5.82 Å². The number of nitrogens with one attached hydrogen (secondary N) is 1. The molecule has 1 fully saturated rings. The molecule has 1 saturated heterocycles. The summed E-state index contributed by atoms with van der Waals surface area (Å²) in [6, 6.07) is 7.07. The van der Waals surface area contributed by atoms with Crippen molar-refractivity contribution in [2.24, 2.45) is 0 Å². The van der Waals surface area contributed by atoms with Gasteiger partial charge in [-0.1, -0.05) is 18.2 Å². The van der Waals surface area contributed by atoms with Crippen LogP contribution in [0.25, 0.3) is 0 Å². The summed E-state index contributed by atoms with van der Waals surface area (Å²) in [5.41, 5.74) is 0.567. The van der Waals surface area contributed by atoms with E-state index >= 15 is 0 Å². The smallest absolute Gasteiger partial charge is 0.222 e. The molecule has 4 heteroatoms. The number of nitrogens with zero attached hydrogens (tertiary/aromatic N) is 1. The quantitative estimate of drug-likeness (QED) is 0.885. The summed E-state index contributed by atoms with van der Waals surface area (Å²) in [7, 11) is 1.73. The highest BCUT2D eigenvalue weighted by atomic mass is 19.1. The average Bonchev–Trinajstić information content (AvgIpc) is 2.91. The third kappa shape index (κ3) is 4.03. The third-order valence-corrected chi connectivity index (χ3v) is 3.66. The predicted octanol–water partition coefficient (Wildman–Crippen LogP) is 2.32. The molecule has 19 heavy (non-hydrogen) atoms. The normalized spacial score (nSPS) is 18.5. The zero-order chi connectivity index (χ0) is 13.7. The van der Waals surface area contributed by atoms with E-state index in [9.17, 15) is 9.18 Å². The Morgan fingerprint density at radius 1 is 1.47 bits per heavy atom. The van der Waals surface area contributed by atoms with Crippen molar-refractivity contribution in [3.8, 4) is 0 Å². The molecule has 104 valence electrons. The van der Waals surface area contributed by atoms with E-state index in [2.05, 4.69) is 5.32 Å². The van der Waals surface area contributed by atoms with Crippen LogP contribution in [-0.2, 0) is 11.3 Å². The molecule has 1 aliphatic rings. The van der Waals surface area contributed by atoms with Gasteiger partial charge in [0.15, 0.2) is 0 Å². The Bertz CT molecular complexity index is 430. The molecule has 1 aromatic carbocycles. The van der Waals surface area contributed by atoms with Crippen molar-refractivity contribution in [2.75, 3.05) is 13.6 Å². The number of carbonyl (C=O) groups is 1. The molecule has 2 rings (SSSR count). The van der Waals surface area contributed by atoms with E-state index < -0.39 is 0 Å². The second kappa shape index (κ2) is 6.66. The predicted molar refractivity (Wildman–Crippen MR) is 73.1 cm³/mol. The molecule has 1 amide bonds. The second-order valence-corrected chi connectivity index (χ2v) is 5.17. The van der Waals surface area contributed by atoms with Crippen molar-refractivity contribution in [3.05, 3.63) is 35.6 Å². The molecular weight excluding hydrogens is 243 g/mol. The van der Waals surface area contributed by atoms with Crippen molar-refractivity contribution in [3.63, 3.8) is 0 Å². The first-order chi connectivity index (χ1) is 9.16. The van der Waals surface area contributed by atoms with Crippen molar-refractivity contribution in [2.45, 2.75) is 38.3 Å². The molecule has 0 aliphatic carbocycles. The maximum atomic E-state index is 13.5. The maximum absolute atomic E-state index is 13.5. The highest BCUT2D eigenvalue weighted by molar-refractivity contribution is 5.75. The number of carbonyl (C=O) groups excluding carboxylic acids is 1. The van der Waals surface area contributed by atoms with Crippen LogP contribution in [-0.4, -0.2) is 30.4 Å². The first kappa shape index (κ1) is 14.0. The molecule has 1 atom stereocenters. The molecule has 0 bridgehead atoms. The van der Waals surface area contributed by atoms with Crippen LogP contribution in [0.5, 0.6) is 0 Å². The van der Waals surface area contributed by atoms with Crippen molar-refractivity contribution < 1.29 is 9.18 Å². The van der Waals surface area contributed by atoms with Gasteiger partial charge in [0.05, 0.1) is 0 Å². The van der Waals surface area contributed by atoms with Crippen LogP contribution in [0.3, 0.4) is 0 Å². The Kier molecular flexibility index (Phi) is 4.91. The van der Waals surface area contributed by atoms with Crippen molar-refractivity contribution in [1.82, 2.24) is 10.2 Å². The Hall–Kier alpha value is -1.42. The minimum absolute atomic E-state index is 0.0805. The Morgan fingerprint density at radius 2 is 2.26 bits per heavy atom. The monoisotopic (exact) mass is 264 g/mol. The topological polar surface area (TPSA) is 32.3 Å². The summed E-state index contributed by atoms with van der Waals surface area (Å²) in [6.45, 7) is 1.40. The van der Waals surface area contributed by atoms with E-state index in [1.807, 2.05) is 0 Å². The van der Waals surface area contributed by atoms with Crippen LogP contribution in [0.2, 0.25) is 0 Å². The zero-order valence-electron chi connectivity index (χ0n) is 11.4. The largest absolute Gasteiger partial charge is 0.341 e. The highest BCUT2D eigenvalue weighted by Gasteiger charge is 2.17. The second-order valence-electron chi connectivity index (χ2n) is 5.17. The average molecular weight is 264 g/mol. The summed E-state index contributed by atoms with van der Waals surface area (Å²) in [4.78, 5) is 13.6. The van der Waals surface area contributed by atoms with Gasteiger partial charge in [-0.15, -0.1) is 0 Å². The van der Waals surface area contributed by atoms with E-state index in [0.29, 0.717) is 24.6 Å². The van der Waals surface area contributed by atoms with Gasteiger partial charge in [0, 0.05) is 31.6 Å². The molecule has 1 aliphatic heterocycles. The molecule has 0 saturated carbocycles. The third-order valence-electron chi connectivity index (χ3n) is 3.66. The highest BCUT2D eigenvalue weighted by Crippen LogP contribution is 2.13. The molecule has 1 heterocycles. The number of hydrogen-bond donors (Lipinski definition) is 1. The summed E-state index contributed by atoms with van der Waals surface area (Å²) in [6.07, 6.45) is 3.76. The van der Waals surface area contributed by atoms with Gasteiger partial charge in [-0.2, -0.15) is 0 Å². The van der Waals surface area contributed by atoms with Gasteiger partial charge in [-0.3, -0.25) is 4.79 Å². The lowest BCUT2D eigenvalue weighted by atomic mass is 10.1. The van der Waals surface area contributed by atoms with E-state index in [1.165, 1.54) is 12.5 Å². The molecule has 1 aromatic rings. The lowest BCUT2D eigenvalue weighted by Gasteiger charge is -2.19. The van der Waals surface area contributed by atoms with Crippen molar-refractivity contribution >= 4 is 5.91 Å². The molecule has 1 N–H and O–H groups in total. The number of amides is 1. The number of hydrogen-bond acceptors (Lipinski definition) is 2. The zero-order valence-corrected chi connectivity index (χ0v) is 11.4. The maximum Gasteiger partial charge on any atom is 0.222 e. The van der Waals surface area contributed by atoms with E-state index in [-0.39, 0.29) is 11.7 Å². The molecule has 0 spiro atoms. The summed E-state index contributed by atoms with van der Waals surface area (Å²) >= 11 is 0.